The van der Waals surface area contributed by atoms with Gasteiger partial charge in [0.05, 0.1) is 0 Å². The Hall–Kier alpha value is -3.77. The summed E-state index contributed by atoms with van der Waals surface area (Å²) < 4.78 is 13.3. The van der Waals surface area contributed by atoms with Gasteiger partial charge in [-0.3, -0.25) is 14.5 Å². The molecule has 3 aromatic carbocycles. The van der Waals surface area contributed by atoms with E-state index in [2.05, 4.69) is 34.1 Å². The van der Waals surface area contributed by atoms with Crippen LogP contribution in [0.25, 0.3) is 10.9 Å². The van der Waals surface area contributed by atoms with Crippen molar-refractivity contribution in [2.45, 2.75) is 6.42 Å². The maximum absolute atomic E-state index is 13.5. The second-order valence-corrected chi connectivity index (χ2v) is 8.64. The Labute approximate surface area is 197 Å². The number of carbonyl (C=O) groups is 2. The van der Waals surface area contributed by atoms with E-state index < -0.39 is 5.82 Å². The van der Waals surface area contributed by atoms with Crippen LogP contribution in [0, 0.1) is 5.82 Å². The number of hydrogen-bond donors (Lipinski definition) is 1. The number of amides is 1. The largest absolute Gasteiger partial charge is 0.360 e. The van der Waals surface area contributed by atoms with Crippen LogP contribution in [0.3, 0.4) is 0 Å². The van der Waals surface area contributed by atoms with Crippen LogP contribution in [0.2, 0.25) is 0 Å². The fraction of sp³-hybridized carbons (Fsp3) is 0.214. The Balaban J connectivity index is 1.31. The summed E-state index contributed by atoms with van der Waals surface area (Å²) >= 11 is 0. The van der Waals surface area contributed by atoms with Crippen molar-refractivity contribution in [3.63, 3.8) is 0 Å². The fourth-order valence-electron chi connectivity index (χ4n) is 4.58. The highest BCUT2D eigenvalue weighted by Gasteiger charge is 2.26. The van der Waals surface area contributed by atoms with Gasteiger partial charge >= 0.3 is 0 Å². The van der Waals surface area contributed by atoms with Gasteiger partial charge in [0.15, 0.2) is 5.78 Å². The molecular formula is C28H26FN3O2. The van der Waals surface area contributed by atoms with Crippen molar-refractivity contribution in [2.24, 2.45) is 0 Å². The molecule has 0 radical (unpaired) electrons. The molecule has 0 aliphatic carbocycles. The van der Waals surface area contributed by atoms with Gasteiger partial charge in [0.25, 0.3) is 5.91 Å². The Kier molecular flexibility index (Phi) is 6.23. The lowest BCUT2D eigenvalue weighted by molar-refractivity contribution is 0.0640. The van der Waals surface area contributed by atoms with Crippen molar-refractivity contribution in [1.82, 2.24) is 14.8 Å². The number of nitrogens with one attached hydrogen (secondary N) is 1. The molecule has 1 aliphatic heterocycles. The molecule has 0 atom stereocenters. The first-order chi connectivity index (χ1) is 16.6. The van der Waals surface area contributed by atoms with Crippen molar-refractivity contribution in [3.05, 3.63) is 107 Å². The zero-order valence-electron chi connectivity index (χ0n) is 18.8. The smallest absolute Gasteiger partial charge is 0.254 e. The van der Waals surface area contributed by atoms with Gasteiger partial charge in [-0.2, -0.15) is 0 Å². The number of fused-ring (bicyclic) bond motifs is 1. The number of benzene rings is 3. The first-order valence-corrected chi connectivity index (χ1v) is 11.6. The van der Waals surface area contributed by atoms with Crippen molar-refractivity contribution >= 4 is 22.6 Å². The number of nitrogens with zero attached hydrogens (tertiary/aromatic N) is 2. The van der Waals surface area contributed by atoms with E-state index in [1.807, 2.05) is 23.1 Å². The zero-order chi connectivity index (χ0) is 23.5. The number of H-pyrrole nitrogens is 1. The molecule has 34 heavy (non-hydrogen) atoms. The van der Waals surface area contributed by atoms with Gasteiger partial charge in [-0.1, -0.05) is 36.4 Å². The molecule has 0 spiro atoms. The molecule has 1 amide bonds. The Bertz CT molecular complexity index is 1310. The van der Waals surface area contributed by atoms with Crippen LogP contribution in [-0.2, 0) is 6.42 Å². The van der Waals surface area contributed by atoms with Crippen LogP contribution < -0.4 is 0 Å². The van der Waals surface area contributed by atoms with E-state index in [4.69, 9.17) is 0 Å². The molecule has 4 aromatic rings. The van der Waals surface area contributed by atoms with Gasteiger partial charge < -0.3 is 9.88 Å². The molecule has 172 valence electrons. The summed E-state index contributed by atoms with van der Waals surface area (Å²) in [5.41, 5.74) is 3.38. The van der Waals surface area contributed by atoms with Gasteiger partial charge in [0.2, 0.25) is 0 Å². The van der Waals surface area contributed by atoms with Crippen LogP contribution in [0.5, 0.6) is 0 Å². The highest BCUT2D eigenvalue weighted by Crippen LogP contribution is 2.26. The summed E-state index contributed by atoms with van der Waals surface area (Å²) in [4.78, 5) is 34.0. The van der Waals surface area contributed by atoms with E-state index in [-0.39, 0.29) is 11.7 Å². The predicted octanol–water partition coefficient (Wildman–Crippen LogP) is 4.54. The maximum Gasteiger partial charge on any atom is 0.254 e. The minimum Gasteiger partial charge on any atom is -0.360 e. The average molecular weight is 456 g/mol. The SMILES string of the molecule is O=C(c1ccc(F)cc1)c1c[nH]c2cccc(C(=O)N3CCN(CCc4ccccc4)CC3)c12. The summed E-state index contributed by atoms with van der Waals surface area (Å²) in [6.45, 7) is 3.91. The molecule has 0 saturated carbocycles. The van der Waals surface area contributed by atoms with Crippen molar-refractivity contribution in [1.29, 1.82) is 0 Å². The molecule has 1 N–H and O–H groups in total. The highest BCUT2D eigenvalue weighted by molar-refractivity contribution is 6.20. The van der Waals surface area contributed by atoms with E-state index in [0.717, 1.165) is 31.6 Å². The van der Waals surface area contributed by atoms with Crippen LogP contribution in [-0.4, -0.2) is 59.2 Å². The number of rotatable bonds is 6. The summed E-state index contributed by atoms with van der Waals surface area (Å²) in [5.74, 6) is -0.701. The first-order valence-electron chi connectivity index (χ1n) is 11.6. The predicted molar refractivity (Wildman–Crippen MR) is 131 cm³/mol. The van der Waals surface area contributed by atoms with Gasteiger partial charge in [-0.05, 0) is 48.4 Å². The van der Waals surface area contributed by atoms with Gasteiger partial charge in [-0.25, -0.2) is 4.39 Å². The Morgan fingerprint density at radius 1 is 0.824 bits per heavy atom. The molecular weight excluding hydrogens is 429 g/mol. The first kappa shape index (κ1) is 22.0. The van der Waals surface area contributed by atoms with Crippen LogP contribution in [0.4, 0.5) is 4.39 Å². The number of piperazine rings is 1. The standard InChI is InChI=1S/C28H26FN3O2/c29-22-11-9-21(10-12-22)27(33)24-19-30-25-8-4-7-23(26(24)25)28(34)32-17-15-31(16-18-32)14-13-20-5-2-1-3-6-20/h1-12,19,30H,13-18H2. The summed E-state index contributed by atoms with van der Waals surface area (Å²) in [6.07, 6.45) is 2.63. The summed E-state index contributed by atoms with van der Waals surface area (Å²) in [6, 6.07) is 21.4. The second-order valence-electron chi connectivity index (χ2n) is 8.64. The molecule has 5 rings (SSSR count). The Morgan fingerprint density at radius 3 is 2.29 bits per heavy atom. The number of halogens is 1. The number of ketones is 1. The number of aromatic nitrogens is 1. The van der Waals surface area contributed by atoms with E-state index >= 15 is 0 Å². The third-order valence-electron chi connectivity index (χ3n) is 6.51. The lowest BCUT2D eigenvalue weighted by Crippen LogP contribution is -2.49. The topological polar surface area (TPSA) is 56.4 Å². The third-order valence-corrected chi connectivity index (χ3v) is 6.51. The van der Waals surface area contributed by atoms with Crippen molar-refractivity contribution in [2.75, 3.05) is 32.7 Å². The number of hydrogen-bond acceptors (Lipinski definition) is 3. The minimum atomic E-state index is -0.394. The number of aromatic amines is 1. The van der Waals surface area contributed by atoms with Gasteiger partial charge in [0.1, 0.15) is 5.82 Å². The lowest BCUT2D eigenvalue weighted by atomic mass is 9.98. The summed E-state index contributed by atoms with van der Waals surface area (Å²) in [7, 11) is 0. The fourth-order valence-corrected chi connectivity index (χ4v) is 4.58. The zero-order valence-corrected chi connectivity index (χ0v) is 18.8. The van der Waals surface area contributed by atoms with Gasteiger partial charge in [-0.15, -0.1) is 0 Å². The van der Waals surface area contributed by atoms with Crippen LogP contribution >= 0.6 is 0 Å². The normalized spacial score (nSPS) is 14.4. The maximum atomic E-state index is 13.5. The molecule has 1 fully saturated rings. The highest BCUT2D eigenvalue weighted by atomic mass is 19.1. The van der Waals surface area contributed by atoms with Gasteiger partial charge in [0, 0.05) is 66.5 Å². The third kappa shape index (κ3) is 4.50. The van der Waals surface area contributed by atoms with E-state index in [0.29, 0.717) is 35.2 Å². The van der Waals surface area contributed by atoms with Crippen molar-refractivity contribution < 1.29 is 14.0 Å². The van der Waals surface area contributed by atoms with Crippen molar-refractivity contribution in [3.8, 4) is 0 Å². The van der Waals surface area contributed by atoms with Crippen LogP contribution in [0.1, 0.15) is 31.8 Å². The minimum absolute atomic E-state index is 0.0685. The summed E-state index contributed by atoms with van der Waals surface area (Å²) in [5, 5.41) is 0.619. The molecule has 5 nitrogen and oxygen atoms in total. The second kappa shape index (κ2) is 9.61. The van der Waals surface area contributed by atoms with E-state index in [1.165, 1.54) is 29.8 Å². The van der Waals surface area contributed by atoms with E-state index in [1.54, 1.807) is 12.3 Å². The molecule has 1 aliphatic rings. The monoisotopic (exact) mass is 455 g/mol. The molecule has 6 heteroatoms. The lowest BCUT2D eigenvalue weighted by Gasteiger charge is -2.35. The molecule has 0 bridgehead atoms. The van der Waals surface area contributed by atoms with Crippen LogP contribution in [0.15, 0.2) is 79.0 Å². The Morgan fingerprint density at radius 2 is 1.56 bits per heavy atom. The molecule has 1 saturated heterocycles. The average Bonchev–Trinajstić information content (AvgIpc) is 3.32. The quantitative estimate of drug-likeness (QED) is 0.435. The van der Waals surface area contributed by atoms with E-state index in [9.17, 15) is 14.0 Å². The number of carbonyl (C=O) groups excluding carboxylic acids is 2. The molecule has 2 heterocycles. The molecule has 1 aromatic heterocycles. The molecule has 0 unspecified atom stereocenters.